The molecule has 0 saturated carbocycles. The first kappa shape index (κ1) is 21.0. The molecule has 1 heterocycles. The van der Waals surface area contributed by atoms with Crippen LogP contribution in [0.3, 0.4) is 0 Å². The number of benzene rings is 2. The van der Waals surface area contributed by atoms with Crippen molar-refractivity contribution in [2.45, 2.75) is 58.0 Å². The van der Waals surface area contributed by atoms with Crippen molar-refractivity contribution in [2.75, 3.05) is 6.54 Å². The van der Waals surface area contributed by atoms with Crippen molar-refractivity contribution in [3.63, 3.8) is 0 Å². The number of hydrogen-bond donors (Lipinski definition) is 1. The lowest BCUT2D eigenvalue weighted by Gasteiger charge is -2.30. The Morgan fingerprint density at radius 1 is 1.14 bits per heavy atom. The van der Waals surface area contributed by atoms with Crippen molar-refractivity contribution in [1.29, 1.82) is 0 Å². The van der Waals surface area contributed by atoms with E-state index in [1.165, 1.54) is 16.5 Å². The molecule has 29 heavy (non-hydrogen) atoms. The van der Waals surface area contributed by atoms with Crippen molar-refractivity contribution < 1.29 is 14.0 Å². The summed E-state index contributed by atoms with van der Waals surface area (Å²) >= 11 is 0. The number of rotatable bonds is 7. The molecule has 2 aromatic carbocycles. The summed E-state index contributed by atoms with van der Waals surface area (Å²) in [5, 5.41) is 2.89. The highest BCUT2D eigenvalue weighted by atomic mass is 19.1. The summed E-state index contributed by atoms with van der Waals surface area (Å²) < 4.78 is 14.3. The van der Waals surface area contributed by atoms with Crippen LogP contribution in [0.5, 0.6) is 0 Å². The lowest BCUT2D eigenvalue weighted by atomic mass is 10.0. The third kappa shape index (κ3) is 5.43. The predicted molar refractivity (Wildman–Crippen MR) is 112 cm³/mol. The SMILES string of the molecule is CCCCc1ccc(C(=O)N(Cc2ccccc2F)C2CCCCNC2=O)cc1. The molecule has 3 rings (SSSR count). The second-order valence-corrected chi connectivity index (χ2v) is 7.63. The molecule has 1 aliphatic heterocycles. The Labute approximate surface area is 172 Å². The summed E-state index contributed by atoms with van der Waals surface area (Å²) in [4.78, 5) is 27.5. The zero-order valence-corrected chi connectivity index (χ0v) is 17.0. The van der Waals surface area contributed by atoms with Gasteiger partial charge in [-0.1, -0.05) is 43.7 Å². The smallest absolute Gasteiger partial charge is 0.254 e. The quantitative estimate of drug-likeness (QED) is 0.750. The Morgan fingerprint density at radius 2 is 1.90 bits per heavy atom. The topological polar surface area (TPSA) is 49.4 Å². The molecule has 2 amide bonds. The highest BCUT2D eigenvalue weighted by molar-refractivity contribution is 5.97. The first-order chi connectivity index (χ1) is 14.1. The maximum absolute atomic E-state index is 14.3. The van der Waals surface area contributed by atoms with E-state index in [0.29, 0.717) is 24.1 Å². The fourth-order valence-corrected chi connectivity index (χ4v) is 3.71. The minimum Gasteiger partial charge on any atom is -0.354 e. The molecule has 0 aromatic heterocycles. The summed E-state index contributed by atoms with van der Waals surface area (Å²) in [7, 11) is 0. The Bertz CT molecular complexity index is 835. The van der Waals surface area contributed by atoms with Gasteiger partial charge >= 0.3 is 0 Å². The number of aryl methyl sites for hydroxylation is 1. The van der Waals surface area contributed by atoms with E-state index < -0.39 is 6.04 Å². The number of halogens is 1. The van der Waals surface area contributed by atoms with Gasteiger partial charge in [-0.3, -0.25) is 9.59 Å². The van der Waals surface area contributed by atoms with Gasteiger partial charge in [-0.05, 0) is 55.9 Å². The van der Waals surface area contributed by atoms with Gasteiger partial charge in [0.15, 0.2) is 0 Å². The number of unbranched alkanes of at least 4 members (excludes halogenated alkanes) is 1. The van der Waals surface area contributed by atoms with Crippen LogP contribution in [0.1, 0.15) is 60.5 Å². The van der Waals surface area contributed by atoms with Gasteiger partial charge < -0.3 is 10.2 Å². The largest absolute Gasteiger partial charge is 0.354 e. The van der Waals surface area contributed by atoms with Gasteiger partial charge in [0.1, 0.15) is 11.9 Å². The van der Waals surface area contributed by atoms with Crippen molar-refractivity contribution in [1.82, 2.24) is 10.2 Å². The van der Waals surface area contributed by atoms with E-state index >= 15 is 0 Å². The molecule has 4 nitrogen and oxygen atoms in total. The van der Waals surface area contributed by atoms with Crippen LogP contribution in [0, 0.1) is 5.82 Å². The minimum atomic E-state index is -0.593. The minimum absolute atomic E-state index is 0.0706. The maximum atomic E-state index is 14.3. The average molecular weight is 397 g/mol. The molecule has 5 heteroatoms. The number of amides is 2. The highest BCUT2D eigenvalue weighted by Crippen LogP contribution is 2.21. The third-order valence-electron chi connectivity index (χ3n) is 5.46. The third-order valence-corrected chi connectivity index (χ3v) is 5.46. The standard InChI is InChI=1S/C24H29FN2O2/c1-2-3-8-18-12-14-19(15-13-18)24(29)27(17-20-9-4-5-10-21(20)25)22-11-6-7-16-26-23(22)28/h4-5,9-10,12-15,22H,2-3,6-8,11,16-17H2,1H3,(H,26,28). The molecule has 0 aliphatic carbocycles. The van der Waals surface area contributed by atoms with Crippen LogP contribution in [-0.4, -0.2) is 29.3 Å². The van der Waals surface area contributed by atoms with Crippen LogP contribution in [0.25, 0.3) is 0 Å². The molecule has 0 bridgehead atoms. The van der Waals surface area contributed by atoms with Crippen LogP contribution in [0.15, 0.2) is 48.5 Å². The lowest BCUT2D eigenvalue weighted by molar-refractivity contribution is -0.125. The Kier molecular flexibility index (Phi) is 7.39. The summed E-state index contributed by atoms with van der Waals surface area (Å²) in [6.07, 6.45) is 5.52. The van der Waals surface area contributed by atoms with E-state index in [4.69, 9.17) is 0 Å². The van der Waals surface area contributed by atoms with Crippen LogP contribution in [0.4, 0.5) is 4.39 Å². The van der Waals surface area contributed by atoms with Gasteiger partial charge in [-0.15, -0.1) is 0 Å². The number of nitrogens with one attached hydrogen (secondary N) is 1. The monoisotopic (exact) mass is 396 g/mol. The van der Waals surface area contributed by atoms with Crippen molar-refractivity contribution in [3.8, 4) is 0 Å². The number of carbonyl (C=O) groups excluding carboxylic acids is 2. The van der Waals surface area contributed by atoms with Gasteiger partial charge in [0, 0.05) is 24.2 Å². The Morgan fingerprint density at radius 3 is 2.62 bits per heavy atom. The molecule has 1 aliphatic rings. The number of nitrogens with zero attached hydrogens (tertiary/aromatic N) is 1. The van der Waals surface area contributed by atoms with E-state index in [-0.39, 0.29) is 24.2 Å². The summed E-state index contributed by atoms with van der Waals surface area (Å²) in [5.74, 6) is -0.765. The van der Waals surface area contributed by atoms with E-state index in [1.54, 1.807) is 18.2 Å². The second kappa shape index (κ2) is 10.2. The van der Waals surface area contributed by atoms with E-state index in [1.807, 2.05) is 24.3 Å². The summed E-state index contributed by atoms with van der Waals surface area (Å²) in [6.45, 7) is 2.83. The number of hydrogen-bond acceptors (Lipinski definition) is 2. The molecule has 1 fully saturated rings. The molecule has 1 unspecified atom stereocenters. The molecule has 154 valence electrons. The van der Waals surface area contributed by atoms with E-state index in [2.05, 4.69) is 12.2 Å². The average Bonchev–Trinajstić information content (AvgIpc) is 2.96. The fourth-order valence-electron chi connectivity index (χ4n) is 3.71. The van der Waals surface area contributed by atoms with Crippen LogP contribution >= 0.6 is 0 Å². The Balaban J connectivity index is 1.87. The zero-order valence-electron chi connectivity index (χ0n) is 17.0. The van der Waals surface area contributed by atoms with Gasteiger partial charge in [0.25, 0.3) is 5.91 Å². The summed E-state index contributed by atoms with van der Waals surface area (Å²) in [6, 6.07) is 13.4. The first-order valence-corrected chi connectivity index (χ1v) is 10.5. The maximum Gasteiger partial charge on any atom is 0.254 e. The molecular formula is C24H29FN2O2. The van der Waals surface area contributed by atoms with E-state index in [9.17, 15) is 14.0 Å². The molecule has 0 spiro atoms. The van der Waals surface area contributed by atoms with E-state index in [0.717, 1.165) is 32.1 Å². The molecule has 1 atom stereocenters. The molecule has 0 radical (unpaired) electrons. The Hall–Kier alpha value is -2.69. The second-order valence-electron chi connectivity index (χ2n) is 7.63. The zero-order chi connectivity index (χ0) is 20.6. The normalized spacial score (nSPS) is 16.8. The van der Waals surface area contributed by atoms with Gasteiger partial charge in [-0.2, -0.15) is 0 Å². The van der Waals surface area contributed by atoms with Crippen LogP contribution in [-0.2, 0) is 17.8 Å². The van der Waals surface area contributed by atoms with Crippen LogP contribution < -0.4 is 5.32 Å². The van der Waals surface area contributed by atoms with Crippen molar-refractivity contribution in [2.24, 2.45) is 0 Å². The predicted octanol–water partition coefficient (Wildman–Crippen LogP) is 4.48. The molecular weight excluding hydrogens is 367 g/mol. The highest BCUT2D eigenvalue weighted by Gasteiger charge is 2.32. The van der Waals surface area contributed by atoms with Gasteiger partial charge in [0.2, 0.25) is 5.91 Å². The van der Waals surface area contributed by atoms with Crippen LogP contribution in [0.2, 0.25) is 0 Å². The first-order valence-electron chi connectivity index (χ1n) is 10.5. The molecule has 2 aromatic rings. The van der Waals surface area contributed by atoms with Crippen molar-refractivity contribution >= 4 is 11.8 Å². The van der Waals surface area contributed by atoms with Gasteiger partial charge in [-0.25, -0.2) is 4.39 Å². The molecule has 1 saturated heterocycles. The fraction of sp³-hybridized carbons (Fsp3) is 0.417. The molecule has 1 N–H and O–H groups in total. The summed E-state index contributed by atoms with van der Waals surface area (Å²) in [5.41, 5.74) is 2.13. The number of carbonyl (C=O) groups is 2. The lowest BCUT2D eigenvalue weighted by Crippen LogP contribution is -2.48. The van der Waals surface area contributed by atoms with Gasteiger partial charge in [0.05, 0.1) is 0 Å². The van der Waals surface area contributed by atoms with Crippen molar-refractivity contribution in [3.05, 3.63) is 71.0 Å².